The molecule has 3 N–H and O–H groups in total. The van der Waals surface area contributed by atoms with Crippen molar-refractivity contribution in [3.63, 3.8) is 0 Å². The number of fused-ring (bicyclic) bond motifs is 1. The van der Waals surface area contributed by atoms with Gasteiger partial charge in [0, 0.05) is 0 Å². The van der Waals surface area contributed by atoms with E-state index >= 15 is 0 Å². The van der Waals surface area contributed by atoms with Gasteiger partial charge in [0.05, 0.1) is 30.6 Å². The van der Waals surface area contributed by atoms with Crippen LogP contribution in [0.4, 0.5) is 0 Å². The Morgan fingerprint density at radius 3 is 3.05 bits per heavy atom. The van der Waals surface area contributed by atoms with E-state index in [0.29, 0.717) is 15.8 Å². The summed E-state index contributed by atoms with van der Waals surface area (Å²) >= 11 is 6.74. The molecule has 0 spiro atoms. The third-order valence-corrected chi connectivity index (χ3v) is 5.03. The lowest BCUT2D eigenvalue weighted by molar-refractivity contribution is -0.0430. The molecule has 21 heavy (non-hydrogen) atoms. The van der Waals surface area contributed by atoms with E-state index in [1.807, 2.05) is 6.92 Å². The normalized spacial score (nSPS) is 29.3. The number of H-pyrrole nitrogens is 1. The standard InChI is InChI=1S/C12H16N4O3S2/c1-2-21-9-8(18)6(3-17)19-12(9)16-5-15-7-10(16)13-4-14-11(7)20/h4-6,8-9,12,17-18H,2-3H2,1H3,(H,13,14,20)/t6-,8-,9+,12-/m0/s1. The van der Waals surface area contributed by atoms with E-state index in [2.05, 4.69) is 15.0 Å². The minimum absolute atomic E-state index is 0.181. The highest BCUT2D eigenvalue weighted by Gasteiger charge is 2.44. The van der Waals surface area contributed by atoms with Gasteiger partial charge in [0.1, 0.15) is 17.3 Å². The van der Waals surface area contributed by atoms with Gasteiger partial charge < -0.3 is 19.9 Å². The van der Waals surface area contributed by atoms with Crippen molar-refractivity contribution < 1.29 is 14.9 Å². The van der Waals surface area contributed by atoms with Gasteiger partial charge in [-0.15, -0.1) is 0 Å². The molecule has 2 aromatic heterocycles. The molecule has 0 radical (unpaired) electrons. The fourth-order valence-corrected chi connectivity index (χ4v) is 3.85. The smallest absolute Gasteiger partial charge is 0.157 e. The average molecular weight is 328 g/mol. The second-order valence-corrected chi connectivity index (χ2v) is 6.56. The summed E-state index contributed by atoms with van der Waals surface area (Å²) in [4.78, 5) is 11.3. The molecule has 1 fully saturated rings. The molecular formula is C12H16N4O3S2. The third kappa shape index (κ3) is 2.49. The van der Waals surface area contributed by atoms with Crippen molar-refractivity contribution in [2.24, 2.45) is 0 Å². The van der Waals surface area contributed by atoms with Gasteiger partial charge in [-0.3, -0.25) is 4.57 Å². The lowest BCUT2D eigenvalue weighted by atomic mass is 10.2. The molecule has 114 valence electrons. The number of thioether (sulfide) groups is 1. The number of hydrogen-bond acceptors (Lipinski definition) is 7. The number of imidazole rings is 1. The molecule has 0 bridgehead atoms. The summed E-state index contributed by atoms with van der Waals surface area (Å²) in [5, 5.41) is 19.5. The lowest BCUT2D eigenvalue weighted by Gasteiger charge is -2.20. The Hall–Kier alpha value is -1.00. The zero-order chi connectivity index (χ0) is 15.0. The molecule has 2 aromatic rings. The van der Waals surface area contributed by atoms with Crippen molar-refractivity contribution in [1.82, 2.24) is 19.5 Å². The summed E-state index contributed by atoms with van der Waals surface area (Å²) < 4.78 is 8.03. The minimum atomic E-state index is -0.729. The molecule has 0 aliphatic carbocycles. The molecule has 9 heteroatoms. The van der Waals surface area contributed by atoms with Crippen LogP contribution in [0.2, 0.25) is 0 Å². The van der Waals surface area contributed by atoms with Crippen LogP contribution < -0.4 is 0 Å². The largest absolute Gasteiger partial charge is 0.394 e. The molecule has 1 aliphatic rings. The number of aromatic amines is 1. The van der Waals surface area contributed by atoms with E-state index in [0.717, 1.165) is 5.75 Å². The van der Waals surface area contributed by atoms with Gasteiger partial charge in [-0.2, -0.15) is 11.8 Å². The number of ether oxygens (including phenoxy) is 1. The lowest BCUT2D eigenvalue weighted by Crippen LogP contribution is -2.31. The molecule has 7 nitrogen and oxygen atoms in total. The van der Waals surface area contributed by atoms with Gasteiger partial charge in [0.2, 0.25) is 0 Å². The van der Waals surface area contributed by atoms with Crippen molar-refractivity contribution in [3.8, 4) is 0 Å². The van der Waals surface area contributed by atoms with E-state index in [1.54, 1.807) is 22.7 Å². The van der Waals surface area contributed by atoms with Crippen LogP contribution in [0.25, 0.3) is 11.2 Å². The summed E-state index contributed by atoms with van der Waals surface area (Å²) in [6.45, 7) is 1.80. The molecular weight excluding hydrogens is 312 g/mol. The minimum Gasteiger partial charge on any atom is -0.394 e. The maximum absolute atomic E-state index is 10.3. The molecule has 1 saturated heterocycles. The van der Waals surface area contributed by atoms with E-state index in [4.69, 9.17) is 17.0 Å². The number of nitrogens with zero attached hydrogens (tertiary/aromatic N) is 3. The van der Waals surface area contributed by atoms with Crippen LogP contribution in [0.1, 0.15) is 13.2 Å². The predicted molar refractivity (Wildman–Crippen MR) is 81.6 cm³/mol. The Balaban J connectivity index is 2.04. The topological polar surface area (TPSA) is 96.2 Å². The molecule has 1 aliphatic heterocycles. The summed E-state index contributed by atoms with van der Waals surface area (Å²) in [7, 11) is 0. The van der Waals surface area contributed by atoms with Crippen molar-refractivity contribution in [1.29, 1.82) is 0 Å². The highest BCUT2D eigenvalue weighted by atomic mass is 32.2. The second-order valence-electron chi connectivity index (χ2n) is 4.71. The van der Waals surface area contributed by atoms with Crippen LogP contribution in [-0.4, -0.2) is 59.5 Å². The van der Waals surface area contributed by atoms with Crippen LogP contribution in [0, 0.1) is 4.64 Å². The Morgan fingerprint density at radius 2 is 2.33 bits per heavy atom. The first-order valence-electron chi connectivity index (χ1n) is 6.63. The Morgan fingerprint density at radius 1 is 1.52 bits per heavy atom. The van der Waals surface area contributed by atoms with Crippen LogP contribution >= 0.6 is 24.0 Å². The first kappa shape index (κ1) is 14.9. The Kier molecular flexibility index (Phi) is 4.27. The summed E-state index contributed by atoms with van der Waals surface area (Å²) in [5.41, 5.74) is 1.30. The van der Waals surface area contributed by atoms with E-state index in [-0.39, 0.29) is 11.9 Å². The van der Waals surface area contributed by atoms with Gasteiger partial charge in [-0.05, 0) is 5.75 Å². The van der Waals surface area contributed by atoms with Crippen LogP contribution in [-0.2, 0) is 4.74 Å². The van der Waals surface area contributed by atoms with E-state index in [9.17, 15) is 10.2 Å². The van der Waals surface area contributed by atoms with Crippen LogP contribution in [0.3, 0.4) is 0 Å². The molecule has 4 atom stereocenters. The number of aliphatic hydroxyl groups excluding tert-OH is 2. The molecule has 0 saturated carbocycles. The summed E-state index contributed by atoms with van der Waals surface area (Å²) in [6.07, 6.45) is 1.40. The van der Waals surface area contributed by atoms with E-state index in [1.165, 1.54) is 6.33 Å². The average Bonchev–Trinajstić information content (AvgIpc) is 3.03. The maximum Gasteiger partial charge on any atom is 0.157 e. The zero-order valence-electron chi connectivity index (χ0n) is 11.3. The fourth-order valence-electron chi connectivity index (χ4n) is 2.53. The number of aliphatic hydroxyl groups is 2. The van der Waals surface area contributed by atoms with Crippen molar-refractivity contribution in [2.75, 3.05) is 12.4 Å². The Bertz CT molecular complexity index is 688. The highest BCUT2D eigenvalue weighted by Crippen LogP contribution is 2.38. The first-order chi connectivity index (χ1) is 10.2. The molecule has 3 rings (SSSR count). The van der Waals surface area contributed by atoms with Crippen molar-refractivity contribution in [2.45, 2.75) is 30.6 Å². The first-order valence-corrected chi connectivity index (χ1v) is 8.09. The van der Waals surface area contributed by atoms with Gasteiger partial charge in [-0.25, -0.2) is 9.97 Å². The fraction of sp³-hybridized carbons (Fsp3) is 0.583. The quantitative estimate of drug-likeness (QED) is 0.716. The molecule has 0 unspecified atom stereocenters. The third-order valence-electron chi connectivity index (χ3n) is 3.51. The van der Waals surface area contributed by atoms with Crippen molar-refractivity contribution in [3.05, 3.63) is 17.3 Å². The predicted octanol–water partition coefficient (Wildman–Crippen LogP) is 0.861. The molecule has 0 amide bonds. The number of nitrogens with one attached hydrogen (secondary N) is 1. The number of hydrogen-bond donors (Lipinski definition) is 3. The SMILES string of the molecule is CCS[C@@H]1[C@@H](O)[C@H](CO)O[C@@H]1n1cnc2c(=S)nc[nH]c21. The second kappa shape index (κ2) is 6.01. The number of aromatic nitrogens is 4. The van der Waals surface area contributed by atoms with E-state index < -0.39 is 18.4 Å². The van der Waals surface area contributed by atoms with Crippen molar-refractivity contribution >= 4 is 35.1 Å². The zero-order valence-corrected chi connectivity index (χ0v) is 13.0. The Labute approximate surface area is 130 Å². The van der Waals surface area contributed by atoms with Gasteiger partial charge in [0.25, 0.3) is 0 Å². The number of rotatable bonds is 4. The molecule has 0 aromatic carbocycles. The maximum atomic E-state index is 10.3. The van der Waals surface area contributed by atoms with Crippen LogP contribution in [0.15, 0.2) is 12.7 Å². The summed E-state index contributed by atoms with van der Waals surface area (Å²) in [5.74, 6) is 0.837. The summed E-state index contributed by atoms with van der Waals surface area (Å²) in [6, 6.07) is 0. The highest BCUT2D eigenvalue weighted by molar-refractivity contribution is 7.99. The monoisotopic (exact) mass is 328 g/mol. The van der Waals surface area contributed by atoms with Gasteiger partial charge >= 0.3 is 0 Å². The van der Waals surface area contributed by atoms with Gasteiger partial charge in [0.15, 0.2) is 10.9 Å². The van der Waals surface area contributed by atoms with Gasteiger partial charge in [-0.1, -0.05) is 19.1 Å². The van der Waals surface area contributed by atoms with Crippen LogP contribution in [0.5, 0.6) is 0 Å². The molecule has 3 heterocycles.